The zero-order valence-electron chi connectivity index (χ0n) is 19.2. The topological polar surface area (TPSA) is 55.1 Å². The van der Waals surface area contributed by atoms with Crippen LogP contribution in [0.2, 0.25) is 0 Å². The molecule has 0 amide bonds. The van der Waals surface area contributed by atoms with E-state index in [0.29, 0.717) is 6.42 Å². The van der Waals surface area contributed by atoms with E-state index in [9.17, 15) is 4.79 Å². The maximum atomic E-state index is 10.6. The first-order valence-corrected chi connectivity index (χ1v) is 13.8. The van der Waals surface area contributed by atoms with E-state index in [2.05, 4.69) is 78.2 Å². The van der Waals surface area contributed by atoms with E-state index in [1.54, 1.807) is 0 Å². The number of aliphatic carboxylic acids is 1. The second-order valence-electron chi connectivity index (χ2n) is 8.55. The molecule has 0 aliphatic rings. The maximum absolute atomic E-state index is 10.6. The lowest BCUT2D eigenvalue weighted by molar-refractivity contribution is -0.137. The van der Waals surface area contributed by atoms with Gasteiger partial charge in [0.2, 0.25) is 0 Å². The highest BCUT2D eigenvalue weighted by molar-refractivity contribution is 7.95. The molecule has 0 spiro atoms. The van der Waals surface area contributed by atoms with Gasteiger partial charge in [0.15, 0.2) is 0 Å². The predicted octanol–water partition coefficient (Wildman–Crippen LogP) is 5.31. The van der Waals surface area contributed by atoms with Crippen molar-refractivity contribution in [3.05, 3.63) is 73.1 Å². The lowest BCUT2D eigenvalue weighted by atomic mass is 10.1. The molecule has 1 aromatic heterocycles. The van der Waals surface area contributed by atoms with Crippen LogP contribution in [0.15, 0.2) is 73.1 Å². The number of aromatic nitrogens is 2. The molecule has 3 rings (SSSR count). The molecule has 0 saturated heterocycles. The number of unbranched alkanes of at least 4 members (excludes halogenated alkanes) is 7. The molecule has 0 fully saturated rings. The van der Waals surface area contributed by atoms with Gasteiger partial charge in [0.1, 0.15) is 23.2 Å². The number of hydrogen-bond donors (Lipinski definition) is 1. The summed E-state index contributed by atoms with van der Waals surface area (Å²) in [5, 5.41) is 17.5. The lowest BCUT2D eigenvalue weighted by Crippen LogP contribution is -2.33. The van der Waals surface area contributed by atoms with Crippen LogP contribution in [0.1, 0.15) is 57.8 Å². The Balaban J connectivity index is 1.66. The van der Waals surface area contributed by atoms with Gasteiger partial charge in [-0.3, -0.25) is 9.48 Å². The van der Waals surface area contributed by atoms with Crippen LogP contribution in [0.5, 0.6) is 0 Å². The highest BCUT2D eigenvalue weighted by Gasteiger charge is 2.45. The Morgan fingerprint density at radius 1 is 0.781 bits per heavy atom. The summed E-state index contributed by atoms with van der Waals surface area (Å²) in [5.41, 5.74) is 0. The molecular weight excluding hydrogens is 415 g/mol. The predicted molar refractivity (Wildman–Crippen MR) is 136 cm³/mol. The van der Waals surface area contributed by atoms with E-state index >= 15 is 0 Å². The highest BCUT2D eigenvalue weighted by atomic mass is 31.2. The van der Waals surface area contributed by atoms with Crippen molar-refractivity contribution < 1.29 is 9.90 Å². The molecule has 32 heavy (non-hydrogen) atoms. The number of aryl methyl sites for hydroxylation is 1. The molecule has 1 N–H and O–H groups in total. The van der Waals surface area contributed by atoms with Gasteiger partial charge in [-0.25, -0.2) is 0 Å². The summed E-state index contributed by atoms with van der Waals surface area (Å²) in [6.45, 7) is 0. The average Bonchev–Trinajstić information content (AvgIpc) is 3.25. The van der Waals surface area contributed by atoms with E-state index in [0.717, 1.165) is 25.4 Å². The van der Waals surface area contributed by atoms with Crippen LogP contribution < -0.4 is 15.9 Å². The summed E-state index contributed by atoms with van der Waals surface area (Å²) in [4.78, 5) is 10.6. The van der Waals surface area contributed by atoms with Crippen LogP contribution in [-0.4, -0.2) is 27.0 Å². The minimum Gasteiger partial charge on any atom is -0.481 e. The number of carbonyl (C=O) groups is 1. The Morgan fingerprint density at radius 2 is 1.28 bits per heavy atom. The number of benzene rings is 2. The molecule has 170 valence electrons. The Labute approximate surface area is 193 Å². The molecule has 5 heteroatoms. The van der Waals surface area contributed by atoms with Gasteiger partial charge < -0.3 is 5.11 Å². The summed E-state index contributed by atoms with van der Waals surface area (Å²) < 4.78 is 1.93. The van der Waals surface area contributed by atoms with Crippen molar-refractivity contribution in [3.63, 3.8) is 0 Å². The van der Waals surface area contributed by atoms with Crippen LogP contribution in [0, 0.1) is 0 Å². The minimum atomic E-state index is -1.75. The van der Waals surface area contributed by atoms with E-state index < -0.39 is 13.2 Å². The fourth-order valence-electron chi connectivity index (χ4n) is 4.49. The van der Waals surface area contributed by atoms with Crippen LogP contribution in [0.4, 0.5) is 0 Å². The Kier molecular flexibility index (Phi) is 9.49. The van der Waals surface area contributed by atoms with Gasteiger partial charge in [-0.1, -0.05) is 68.5 Å². The minimum absolute atomic E-state index is 0.305. The molecular formula is C27H36N2O2P+. The van der Waals surface area contributed by atoms with Crippen molar-refractivity contribution in [3.8, 4) is 0 Å². The quantitative estimate of drug-likeness (QED) is 0.267. The summed E-state index contributed by atoms with van der Waals surface area (Å²) in [6.07, 6.45) is 14.9. The average molecular weight is 452 g/mol. The normalized spacial score (nSPS) is 11.5. The van der Waals surface area contributed by atoms with Gasteiger partial charge in [-0.15, -0.1) is 0 Å². The second kappa shape index (κ2) is 12.6. The molecule has 0 aliphatic carbocycles. The van der Waals surface area contributed by atoms with E-state index in [4.69, 9.17) is 5.11 Å². The molecule has 0 aliphatic heterocycles. The van der Waals surface area contributed by atoms with Gasteiger partial charge in [-0.05, 0) is 43.5 Å². The van der Waals surface area contributed by atoms with E-state index in [1.165, 1.54) is 48.0 Å². The van der Waals surface area contributed by atoms with E-state index in [1.807, 2.05) is 11.7 Å². The van der Waals surface area contributed by atoms with Gasteiger partial charge in [0, 0.05) is 13.5 Å². The van der Waals surface area contributed by atoms with Gasteiger partial charge in [-0.2, -0.15) is 5.10 Å². The fourth-order valence-corrected chi connectivity index (χ4v) is 8.83. The number of nitrogens with zero attached hydrogens (tertiary/aromatic N) is 2. The van der Waals surface area contributed by atoms with Crippen molar-refractivity contribution >= 4 is 29.1 Å². The van der Waals surface area contributed by atoms with Gasteiger partial charge in [0.05, 0.1) is 18.6 Å². The smallest absolute Gasteiger partial charge is 0.303 e. The van der Waals surface area contributed by atoms with Crippen molar-refractivity contribution in [2.75, 3.05) is 6.16 Å². The SMILES string of the molecule is Cn1cc([P+](CCCCCCCCCCC(=O)O)(c2ccccc2)c2ccccc2)cn1. The zero-order valence-corrected chi connectivity index (χ0v) is 20.1. The van der Waals surface area contributed by atoms with Gasteiger partial charge in [0.25, 0.3) is 0 Å². The Hall–Kier alpha value is -2.45. The molecule has 2 aromatic carbocycles. The standard InChI is InChI=1S/C27H35N2O2P/c1-29-23-26(22-28-29)32(24-16-10-8-11-17-24,25-18-12-9-13-19-25)21-15-7-5-3-2-4-6-14-20-27(30)31/h8-13,16-19,22-23H,2-7,14-15,20-21H2,1H3/p+1. The van der Waals surface area contributed by atoms with Crippen LogP contribution in [0.3, 0.4) is 0 Å². The summed E-state index contributed by atoms with van der Waals surface area (Å²) >= 11 is 0. The summed E-state index contributed by atoms with van der Waals surface area (Å²) in [7, 11) is 0.253. The molecule has 0 radical (unpaired) electrons. The third-order valence-corrected chi connectivity index (χ3v) is 10.6. The number of carboxylic acids is 1. The number of rotatable bonds is 14. The monoisotopic (exact) mass is 451 g/mol. The molecule has 0 unspecified atom stereocenters. The Bertz CT molecular complexity index is 901. The zero-order chi connectivity index (χ0) is 22.7. The van der Waals surface area contributed by atoms with Crippen molar-refractivity contribution in [1.29, 1.82) is 0 Å². The summed E-state index contributed by atoms with van der Waals surface area (Å²) in [5.74, 6) is -0.678. The first-order valence-electron chi connectivity index (χ1n) is 11.8. The van der Waals surface area contributed by atoms with Crippen molar-refractivity contribution in [2.45, 2.75) is 57.8 Å². The first kappa shape index (κ1) is 24.2. The molecule has 0 saturated carbocycles. The molecule has 3 aromatic rings. The van der Waals surface area contributed by atoms with E-state index in [-0.39, 0.29) is 0 Å². The van der Waals surface area contributed by atoms with Crippen molar-refractivity contribution in [1.82, 2.24) is 9.78 Å². The third kappa shape index (κ3) is 6.53. The first-order chi connectivity index (χ1) is 15.6. The molecule has 0 atom stereocenters. The van der Waals surface area contributed by atoms with Crippen LogP contribution in [0.25, 0.3) is 0 Å². The number of hydrogen-bond acceptors (Lipinski definition) is 2. The maximum Gasteiger partial charge on any atom is 0.303 e. The third-order valence-electron chi connectivity index (χ3n) is 6.16. The van der Waals surface area contributed by atoms with Crippen LogP contribution >= 0.6 is 7.26 Å². The second-order valence-corrected chi connectivity index (χ2v) is 12.2. The van der Waals surface area contributed by atoms with Crippen molar-refractivity contribution in [2.24, 2.45) is 7.05 Å². The molecule has 4 nitrogen and oxygen atoms in total. The Morgan fingerprint density at radius 3 is 1.75 bits per heavy atom. The van der Waals surface area contributed by atoms with Crippen LogP contribution in [-0.2, 0) is 11.8 Å². The lowest BCUT2D eigenvalue weighted by Gasteiger charge is -2.26. The highest BCUT2D eigenvalue weighted by Crippen LogP contribution is 2.55. The molecule has 1 heterocycles. The largest absolute Gasteiger partial charge is 0.481 e. The molecule has 0 bridgehead atoms. The number of carboxylic acid groups (broad SMARTS) is 1. The van der Waals surface area contributed by atoms with Gasteiger partial charge >= 0.3 is 5.97 Å². The summed E-state index contributed by atoms with van der Waals surface area (Å²) in [6, 6.07) is 22.0. The fraction of sp³-hybridized carbons (Fsp3) is 0.407.